The van der Waals surface area contributed by atoms with Crippen molar-refractivity contribution in [2.45, 2.75) is 19.4 Å². The smallest absolute Gasteiger partial charge is 0.328 e. The number of ketones is 1. The summed E-state index contributed by atoms with van der Waals surface area (Å²) < 4.78 is 24.7. The molecular formula is C35H33FN2O5. The van der Waals surface area contributed by atoms with Crippen LogP contribution >= 0.6 is 0 Å². The fourth-order valence-electron chi connectivity index (χ4n) is 4.51. The van der Waals surface area contributed by atoms with Gasteiger partial charge in [0.2, 0.25) is 0 Å². The molecule has 0 unspecified atom stereocenters. The minimum atomic E-state index is -0.755. The molecule has 43 heavy (non-hydrogen) atoms. The van der Waals surface area contributed by atoms with Gasteiger partial charge in [-0.15, -0.1) is 0 Å². The third-order valence-corrected chi connectivity index (χ3v) is 6.70. The first-order chi connectivity index (χ1) is 20.8. The number of carbonyl (C=O) groups is 3. The second-order valence-corrected chi connectivity index (χ2v) is 9.87. The van der Waals surface area contributed by atoms with Crippen LogP contribution in [-0.2, 0) is 20.7 Å². The predicted octanol–water partition coefficient (Wildman–Crippen LogP) is 6.24. The lowest BCUT2D eigenvalue weighted by Crippen LogP contribution is -2.35. The summed E-state index contributed by atoms with van der Waals surface area (Å²) in [7, 11) is 1.32. The highest BCUT2D eigenvalue weighted by atomic mass is 19.1. The first kappa shape index (κ1) is 30.7. The number of methoxy groups -OCH3 is 1. The summed E-state index contributed by atoms with van der Waals surface area (Å²) >= 11 is 0. The molecule has 0 saturated heterocycles. The van der Waals surface area contributed by atoms with Crippen molar-refractivity contribution in [2.75, 3.05) is 30.5 Å². The maximum Gasteiger partial charge on any atom is 0.328 e. The van der Waals surface area contributed by atoms with Gasteiger partial charge in [0.25, 0.3) is 5.91 Å². The Morgan fingerprint density at radius 2 is 1.60 bits per heavy atom. The van der Waals surface area contributed by atoms with Crippen LogP contribution in [0.15, 0.2) is 115 Å². The third kappa shape index (κ3) is 8.16. The topological polar surface area (TPSA) is 84.9 Å². The summed E-state index contributed by atoms with van der Waals surface area (Å²) in [5.41, 5.74) is 3.10. The Labute approximate surface area is 250 Å². The molecule has 4 rings (SSSR count). The third-order valence-electron chi connectivity index (χ3n) is 6.70. The monoisotopic (exact) mass is 580 g/mol. The standard InChI is InChI=1S/C35H33FN2O5/c1-24(2)34(40)38(28-13-9-12-27(36)23-28)20-21-43-29-18-16-25(17-19-29)22-32(35(41)42-3)37-31-15-8-7-14-30(31)33(39)26-10-5-4-6-11-26/h4-19,23,32,37H,1,20-22H2,2-3H3/t32-/m0/s1. The molecule has 220 valence electrons. The van der Waals surface area contributed by atoms with E-state index in [1.165, 1.54) is 24.1 Å². The van der Waals surface area contributed by atoms with Gasteiger partial charge in [-0.1, -0.05) is 67.2 Å². The second kappa shape index (κ2) is 14.6. The van der Waals surface area contributed by atoms with Crippen LogP contribution in [0, 0.1) is 5.82 Å². The summed E-state index contributed by atoms with van der Waals surface area (Å²) in [6.07, 6.45) is 0.293. The fourth-order valence-corrected chi connectivity index (χ4v) is 4.51. The Morgan fingerprint density at radius 3 is 2.28 bits per heavy atom. The molecule has 0 aromatic heterocycles. The molecule has 0 heterocycles. The first-order valence-corrected chi connectivity index (χ1v) is 13.7. The average molecular weight is 581 g/mol. The van der Waals surface area contributed by atoms with Crippen LogP contribution in [0.4, 0.5) is 15.8 Å². The summed E-state index contributed by atoms with van der Waals surface area (Å²) in [6, 6.07) is 28.2. The van der Waals surface area contributed by atoms with E-state index in [9.17, 15) is 18.8 Å². The Morgan fingerprint density at radius 1 is 0.907 bits per heavy atom. The van der Waals surface area contributed by atoms with Gasteiger partial charge in [-0.2, -0.15) is 0 Å². The van der Waals surface area contributed by atoms with Crippen LogP contribution in [0.5, 0.6) is 5.75 Å². The molecule has 0 radical (unpaired) electrons. The molecule has 0 aliphatic carbocycles. The molecule has 4 aromatic rings. The Balaban J connectivity index is 1.42. The van der Waals surface area contributed by atoms with E-state index in [2.05, 4.69) is 11.9 Å². The highest BCUT2D eigenvalue weighted by Crippen LogP contribution is 2.23. The van der Waals surface area contributed by atoms with Crippen molar-refractivity contribution in [3.8, 4) is 5.75 Å². The normalized spacial score (nSPS) is 11.2. The quantitative estimate of drug-likeness (QED) is 0.115. The van der Waals surface area contributed by atoms with Crippen LogP contribution in [0.25, 0.3) is 0 Å². The van der Waals surface area contributed by atoms with Crippen molar-refractivity contribution in [2.24, 2.45) is 0 Å². The Hall–Kier alpha value is -5.24. The van der Waals surface area contributed by atoms with E-state index >= 15 is 0 Å². The van der Waals surface area contributed by atoms with Crippen LogP contribution in [0.1, 0.15) is 28.4 Å². The fraction of sp³-hybridized carbons (Fsp3) is 0.171. The molecule has 0 spiro atoms. The number of hydrogen-bond acceptors (Lipinski definition) is 6. The number of nitrogens with one attached hydrogen (secondary N) is 1. The van der Waals surface area contributed by atoms with Crippen LogP contribution in [-0.4, -0.2) is 44.0 Å². The molecule has 0 bridgehead atoms. The molecule has 0 fully saturated rings. The van der Waals surface area contributed by atoms with Crippen molar-refractivity contribution in [1.29, 1.82) is 0 Å². The van der Waals surface area contributed by atoms with E-state index in [0.717, 1.165) is 5.56 Å². The minimum Gasteiger partial charge on any atom is -0.492 e. The van der Waals surface area contributed by atoms with Gasteiger partial charge >= 0.3 is 5.97 Å². The molecular weight excluding hydrogens is 547 g/mol. The second-order valence-electron chi connectivity index (χ2n) is 9.87. The van der Waals surface area contributed by atoms with Gasteiger partial charge in [0, 0.05) is 34.5 Å². The molecule has 0 aliphatic rings. The van der Waals surface area contributed by atoms with Crippen LogP contribution < -0.4 is 15.0 Å². The van der Waals surface area contributed by atoms with E-state index in [4.69, 9.17) is 9.47 Å². The van der Waals surface area contributed by atoms with Crippen LogP contribution in [0.3, 0.4) is 0 Å². The molecule has 0 aliphatic heterocycles. The van der Waals surface area contributed by atoms with Gasteiger partial charge in [0.15, 0.2) is 5.78 Å². The number of esters is 1. The van der Waals surface area contributed by atoms with Gasteiger partial charge in [0.05, 0.1) is 13.7 Å². The minimum absolute atomic E-state index is 0.158. The number of para-hydroxylation sites is 1. The Bertz CT molecular complexity index is 1590. The SMILES string of the molecule is C=C(C)C(=O)N(CCOc1ccc(C[C@H](Nc2ccccc2C(=O)c2ccccc2)C(=O)OC)cc1)c1cccc(F)c1. The molecule has 4 aromatic carbocycles. The molecule has 7 nitrogen and oxygen atoms in total. The highest BCUT2D eigenvalue weighted by Gasteiger charge is 2.23. The van der Waals surface area contributed by atoms with E-state index in [1.54, 1.807) is 79.7 Å². The van der Waals surface area contributed by atoms with Crippen molar-refractivity contribution >= 4 is 29.0 Å². The summed E-state index contributed by atoms with van der Waals surface area (Å²) in [4.78, 5) is 40.0. The van der Waals surface area contributed by atoms with Gasteiger partial charge in [-0.05, 0) is 55.0 Å². The largest absolute Gasteiger partial charge is 0.492 e. The molecule has 0 saturated carbocycles. The number of nitrogens with zero attached hydrogens (tertiary/aromatic N) is 1. The number of hydrogen-bond donors (Lipinski definition) is 1. The van der Waals surface area contributed by atoms with E-state index < -0.39 is 17.8 Å². The lowest BCUT2D eigenvalue weighted by molar-refractivity contribution is -0.141. The van der Waals surface area contributed by atoms with Crippen molar-refractivity contribution in [1.82, 2.24) is 0 Å². The zero-order valence-corrected chi connectivity index (χ0v) is 24.1. The number of benzene rings is 4. The number of halogens is 1. The number of rotatable bonds is 13. The number of anilines is 2. The molecule has 1 amide bonds. The molecule has 1 N–H and O–H groups in total. The maximum absolute atomic E-state index is 13.8. The van der Waals surface area contributed by atoms with Crippen molar-refractivity contribution in [3.05, 3.63) is 138 Å². The summed E-state index contributed by atoms with van der Waals surface area (Å²) in [5.74, 6) is -0.832. The average Bonchev–Trinajstić information content (AvgIpc) is 3.03. The lowest BCUT2D eigenvalue weighted by Gasteiger charge is -2.23. The zero-order chi connectivity index (χ0) is 30.8. The first-order valence-electron chi connectivity index (χ1n) is 13.7. The summed E-state index contributed by atoms with van der Waals surface area (Å²) in [5, 5.41) is 3.20. The van der Waals surface area contributed by atoms with E-state index in [1.807, 2.05) is 18.2 Å². The predicted molar refractivity (Wildman–Crippen MR) is 165 cm³/mol. The molecule has 8 heteroatoms. The van der Waals surface area contributed by atoms with Gasteiger partial charge < -0.3 is 19.7 Å². The van der Waals surface area contributed by atoms with E-state index in [0.29, 0.717) is 40.2 Å². The highest BCUT2D eigenvalue weighted by molar-refractivity contribution is 6.12. The maximum atomic E-state index is 13.8. The summed E-state index contributed by atoms with van der Waals surface area (Å²) in [6.45, 7) is 5.66. The Kier molecular flexibility index (Phi) is 10.4. The van der Waals surface area contributed by atoms with Crippen molar-refractivity contribution < 1.29 is 28.2 Å². The van der Waals surface area contributed by atoms with Gasteiger partial charge in [0.1, 0.15) is 24.2 Å². The number of carbonyl (C=O) groups excluding carboxylic acids is 3. The van der Waals surface area contributed by atoms with E-state index in [-0.39, 0.29) is 24.8 Å². The van der Waals surface area contributed by atoms with Gasteiger partial charge in [-0.25, -0.2) is 9.18 Å². The number of ether oxygens (including phenoxy) is 2. The van der Waals surface area contributed by atoms with Crippen molar-refractivity contribution in [3.63, 3.8) is 0 Å². The number of amides is 1. The van der Waals surface area contributed by atoms with Gasteiger partial charge in [-0.3, -0.25) is 9.59 Å². The molecule has 1 atom stereocenters. The van der Waals surface area contributed by atoms with Crippen LogP contribution in [0.2, 0.25) is 0 Å². The zero-order valence-electron chi connectivity index (χ0n) is 24.1. The lowest BCUT2D eigenvalue weighted by atomic mass is 10.00.